The lowest BCUT2D eigenvalue weighted by Gasteiger charge is -2.06. The molecule has 5 nitrogen and oxygen atoms in total. The van der Waals surface area contributed by atoms with Crippen LogP contribution in [0.3, 0.4) is 0 Å². The molecule has 6 heteroatoms. The Morgan fingerprint density at radius 3 is 2.46 bits per heavy atom. The van der Waals surface area contributed by atoms with Gasteiger partial charge in [0, 0.05) is 9.13 Å². The maximum Gasteiger partial charge on any atom is 0.275 e. The van der Waals surface area contributed by atoms with Gasteiger partial charge in [0.05, 0.1) is 11.8 Å². The molecule has 3 aromatic rings. The smallest absolute Gasteiger partial charge is 0.275 e. The molecule has 0 radical (unpaired) electrons. The normalized spacial score (nSPS) is 11.0. The van der Waals surface area contributed by atoms with Crippen molar-refractivity contribution in [3.8, 4) is 11.5 Å². The van der Waals surface area contributed by atoms with E-state index in [0.29, 0.717) is 5.56 Å². The summed E-state index contributed by atoms with van der Waals surface area (Å²) in [7, 11) is 0. The Bertz CT molecular complexity index is 954. The van der Waals surface area contributed by atoms with Crippen molar-refractivity contribution in [3.05, 3.63) is 69.3 Å². The number of nitrogens with one attached hydrogen (secondary N) is 1. The third kappa shape index (κ3) is 3.48. The number of fused-ring (bicyclic) bond motifs is 1. The topological polar surface area (TPSA) is 81.9 Å². The molecule has 0 saturated carbocycles. The average molecular weight is 432 g/mol. The van der Waals surface area contributed by atoms with Gasteiger partial charge in [0.1, 0.15) is 11.5 Å². The number of carbonyl (C=O) groups excluding carboxylic acids is 1. The number of nitrogens with zero attached hydrogens (tertiary/aromatic N) is 1. The summed E-state index contributed by atoms with van der Waals surface area (Å²) in [5.41, 5.74) is 2.98. The standard InChI is InChI=1S/C18H13IN2O3/c19-14-5-6-16(22)13(7-14)10-20-21-18(24)15-8-11-3-1-2-4-12(11)9-17(15)23/h1-10,22-23H,(H,21,24)/b20-10+. The van der Waals surface area contributed by atoms with Gasteiger partial charge in [0.25, 0.3) is 5.91 Å². The van der Waals surface area contributed by atoms with Crippen LogP contribution in [0.5, 0.6) is 11.5 Å². The first-order chi connectivity index (χ1) is 11.5. The fourth-order valence-electron chi connectivity index (χ4n) is 2.26. The number of rotatable bonds is 3. The first kappa shape index (κ1) is 16.3. The number of hydrogen-bond donors (Lipinski definition) is 3. The Balaban J connectivity index is 1.81. The molecule has 0 aliphatic heterocycles. The van der Waals surface area contributed by atoms with Crippen molar-refractivity contribution in [3.63, 3.8) is 0 Å². The maximum absolute atomic E-state index is 12.2. The van der Waals surface area contributed by atoms with Crippen LogP contribution in [-0.2, 0) is 0 Å². The van der Waals surface area contributed by atoms with Crippen LogP contribution < -0.4 is 5.43 Å². The first-order valence-corrected chi connectivity index (χ1v) is 8.16. The van der Waals surface area contributed by atoms with E-state index in [9.17, 15) is 15.0 Å². The molecule has 3 aromatic carbocycles. The van der Waals surface area contributed by atoms with E-state index in [0.717, 1.165) is 14.3 Å². The van der Waals surface area contributed by atoms with Crippen molar-refractivity contribution in [1.29, 1.82) is 0 Å². The minimum atomic E-state index is -0.528. The maximum atomic E-state index is 12.2. The minimum Gasteiger partial charge on any atom is -0.507 e. The van der Waals surface area contributed by atoms with Gasteiger partial charge in [0.15, 0.2) is 0 Å². The fourth-order valence-corrected chi connectivity index (χ4v) is 2.77. The Labute approximate surface area is 151 Å². The van der Waals surface area contributed by atoms with Gasteiger partial charge in [-0.25, -0.2) is 5.43 Å². The van der Waals surface area contributed by atoms with E-state index in [1.807, 2.05) is 24.3 Å². The summed E-state index contributed by atoms with van der Waals surface area (Å²) in [5.74, 6) is -0.569. The average Bonchev–Trinajstić information content (AvgIpc) is 2.57. The number of aromatic hydroxyl groups is 2. The number of amides is 1. The SMILES string of the molecule is O=C(N/N=C/c1cc(I)ccc1O)c1cc2ccccc2cc1O. The molecule has 0 saturated heterocycles. The van der Waals surface area contributed by atoms with Gasteiger partial charge < -0.3 is 10.2 Å². The molecule has 0 heterocycles. The van der Waals surface area contributed by atoms with Crippen LogP contribution >= 0.6 is 22.6 Å². The Hall–Kier alpha value is -2.61. The van der Waals surface area contributed by atoms with Gasteiger partial charge in [-0.2, -0.15) is 5.10 Å². The molecule has 120 valence electrons. The molecule has 0 aliphatic carbocycles. The second kappa shape index (κ2) is 6.88. The number of halogens is 1. The van der Waals surface area contributed by atoms with Gasteiger partial charge in [0.2, 0.25) is 0 Å². The Morgan fingerprint density at radius 2 is 1.71 bits per heavy atom. The van der Waals surface area contributed by atoms with Gasteiger partial charge in [-0.3, -0.25) is 4.79 Å². The van der Waals surface area contributed by atoms with Crippen LogP contribution in [0.2, 0.25) is 0 Å². The Morgan fingerprint density at radius 1 is 1.00 bits per heavy atom. The minimum absolute atomic E-state index is 0.0713. The highest BCUT2D eigenvalue weighted by molar-refractivity contribution is 14.1. The highest BCUT2D eigenvalue weighted by Crippen LogP contribution is 2.25. The number of hydrogen-bond acceptors (Lipinski definition) is 4. The zero-order chi connectivity index (χ0) is 17.1. The molecule has 0 fully saturated rings. The van der Waals surface area contributed by atoms with Crippen LogP contribution in [0, 0.1) is 3.57 Å². The van der Waals surface area contributed by atoms with E-state index < -0.39 is 5.91 Å². The molecule has 3 N–H and O–H groups in total. The Kier molecular flexibility index (Phi) is 4.66. The molecule has 0 atom stereocenters. The second-order valence-electron chi connectivity index (χ2n) is 5.12. The van der Waals surface area contributed by atoms with E-state index in [1.165, 1.54) is 6.21 Å². The number of benzene rings is 3. The van der Waals surface area contributed by atoms with Crippen LogP contribution in [0.4, 0.5) is 0 Å². The number of phenols is 2. The largest absolute Gasteiger partial charge is 0.507 e. The van der Waals surface area contributed by atoms with Crippen molar-refractivity contribution in [2.75, 3.05) is 0 Å². The molecule has 24 heavy (non-hydrogen) atoms. The van der Waals surface area contributed by atoms with Crippen LogP contribution in [0.1, 0.15) is 15.9 Å². The molecule has 0 bridgehead atoms. The molecular weight excluding hydrogens is 419 g/mol. The van der Waals surface area contributed by atoms with E-state index in [-0.39, 0.29) is 17.1 Å². The summed E-state index contributed by atoms with van der Waals surface area (Å²) in [4.78, 5) is 12.2. The van der Waals surface area contributed by atoms with Crippen molar-refractivity contribution in [2.45, 2.75) is 0 Å². The predicted octanol–water partition coefficient (Wildman–Crippen LogP) is 3.62. The molecule has 3 rings (SSSR count). The number of carbonyl (C=O) groups is 1. The van der Waals surface area contributed by atoms with Crippen molar-refractivity contribution in [2.24, 2.45) is 5.10 Å². The first-order valence-electron chi connectivity index (χ1n) is 7.08. The molecular formula is C18H13IN2O3. The molecule has 0 aromatic heterocycles. The highest BCUT2D eigenvalue weighted by Gasteiger charge is 2.11. The van der Waals surface area contributed by atoms with Gasteiger partial charge in [-0.1, -0.05) is 24.3 Å². The number of hydrazone groups is 1. The zero-order valence-corrected chi connectivity index (χ0v) is 14.6. The fraction of sp³-hybridized carbons (Fsp3) is 0. The summed E-state index contributed by atoms with van der Waals surface area (Å²) in [6.07, 6.45) is 1.35. The monoisotopic (exact) mass is 432 g/mol. The van der Waals surface area contributed by atoms with Crippen LogP contribution in [0.15, 0.2) is 59.7 Å². The summed E-state index contributed by atoms with van der Waals surface area (Å²) in [5, 5.41) is 25.3. The van der Waals surface area contributed by atoms with E-state index in [2.05, 4.69) is 33.1 Å². The highest BCUT2D eigenvalue weighted by atomic mass is 127. The molecule has 0 spiro atoms. The molecule has 0 aliphatic rings. The second-order valence-corrected chi connectivity index (χ2v) is 6.36. The zero-order valence-electron chi connectivity index (χ0n) is 12.4. The van der Waals surface area contributed by atoms with Gasteiger partial charge in [-0.05, 0) is 63.7 Å². The number of phenolic OH excluding ortho intramolecular Hbond substituents is 2. The predicted molar refractivity (Wildman–Crippen MR) is 101 cm³/mol. The van der Waals surface area contributed by atoms with Crippen molar-refractivity contribution in [1.82, 2.24) is 5.43 Å². The summed E-state index contributed by atoms with van der Waals surface area (Å²) in [6.45, 7) is 0. The van der Waals surface area contributed by atoms with E-state index >= 15 is 0 Å². The lowest BCUT2D eigenvalue weighted by atomic mass is 10.1. The van der Waals surface area contributed by atoms with E-state index in [1.54, 1.807) is 30.3 Å². The van der Waals surface area contributed by atoms with Crippen LogP contribution in [-0.4, -0.2) is 22.3 Å². The van der Waals surface area contributed by atoms with Crippen molar-refractivity contribution < 1.29 is 15.0 Å². The third-order valence-electron chi connectivity index (χ3n) is 3.47. The lowest BCUT2D eigenvalue weighted by Crippen LogP contribution is -2.17. The molecule has 1 amide bonds. The summed E-state index contributed by atoms with van der Waals surface area (Å²) < 4.78 is 0.936. The third-order valence-corrected chi connectivity index (χ3v) is 4.14. The van der Waals surface area contributed by atoms with Gasteiger partial charge in [-0.15, -0.1) is 0 Å². The van der Waals surface area contributed by atoms with E-state index in [4.69, 9.17) is 0 Å². The quantitative estimate of drug-likeness (QED) is 0.336. The summed E-state index contributed by atoms with van der Waals surface area (Å²) in [6, 6.07) is 15.6. The summed E-state index contributed by atoms with van der Waals surface area (Å²) >= 11 is 2.12. The van der Waals surface area contributed by atoms with Crippen molar-refractivity contribution >= 4 is 45.5 Å². The molecule has 0 unspecified atom stereocenters. The lowest BCUT2D eigenvalue weighted by molar-refractivity contribution is 0.0952. The van der Waals surface area contributed by atoms with Crippen LogP contribution in [0.25, 0.3) is 10.8 Å². The van der Waals surface area contributed by atoms with Gasteiger partial charge >= 0.3 is 0 Å².